The van der Waals surface area contributed by atoms with Gasteiger partial charge >= 0.3 is 0 Å². The van der Waals surface area contributed by atoms with E-state index in [1.807, 2.05) is 29.2 Å². The molecule has 3 heterocycles. The van der Waals surface area contributed by atoms with Crippen molar-refractivity contribution in [2.75, 3.05) is 36.5 Å². The first-order chi connectivity index (χ1) is 13.7. The highest BCUT2D eigenvalue weighted by molar-refractivity contribution is 7.22. The lowest BCUT2D eigenvalue weighted by Crippen LogP contribution is -2.44. The molecule has 0 spiro atoms. The quantitative estimate of drug-likeness (QED) is 0.672. The van der Waals surface area contributed by atoms with Crippen LogP contribution in [0.4, 0.5) is 10.8 Å². The first-order valence-electron chi connectivity index (χ1n) is 9.82. The Morgan fingerprint density at radius 3 is 3.00 bits per heavy atom. The number of amides is 1. The minimum atomic E-state index is 0.0291. The van der Waals surface area contributed by atoms with Gasteiger partial charge in [0, 0.05) is 25.3 Å². The highest BCUT2D eigenvalue weighted by atomic mass is 32.1. The predicted molar refractivity (Wildman–Crippen MR) is 114 cm³/mol. The summed E-state index contributed by atoms with van der Waals surface area (Å²) in [6.07, 6.45) is 2.93. The second-order valence-electron chi connectivity index (χ2n) is 7.48. The molecule has 2 aliphatic heterocycles. The minimum absolute atomic E-state index is 0.0291. The Morgan fingerprint density at radius 1 is 1.21 bits per heavy atom. The third-order valence-electron chi connectivity index (χ3n) is 5.78. The number of aromatic nitrogens is 1. The number of methoxy groups -OCH3 is 1. The number of carbonyl (C=O) groups is 1. The molecule has 1 saturated heterocycles. The predicted octanol–water partition coefficient (Wildman–Crippen LogP) is 4.11. The number of carbonyl (C=O) groups excluding carboxylic acids is 1. The van der Waals surface area contributed by atoms with Crippen LogP contribution >= 0.6 is 11.3 Å². The number of hydrogen-bond donors (Lipinski definition) is 0. The van der Waals surface area contributed by atoms with Crippen molar-refractivity contribution in [3.05, 3.63) is 48.0 Å². The summed E-state index contributed by atoms with van der Waals surface area (Å²) in [5.41, 5.74) is 3.36. The Labute approximate surface area is 168 Å². The van der Waals surface area contributed by atoms with Crippen LogP contribution in [0.25, 0.3) is 10.2 Å². The summed E-state index contributed by atoms with van der Waals surface area (Å²) in [6, 6.07) is 14.3. The first kappa shape index (κ1) is 17.5. The van der Waals surface area contributed by atoms with E-state index < -0.39 is 0 Å². The van der Waals surface area contributed by atoms with Crippen LogP contribution in [-0.2, 0) is 11.2 Å². The largest absolute Gasteiger partial charge is 0.497 e. The maximum atomic E-state index is 13.3. The summed E-state index contributed by atoms with van der Waals surface area (Å²) in [6.45, 7) is 2.50. The highest BCUT2D eigenvalue weighted by Gasteiger charge is 2.33. The molecule has 0 aliphatic carbocycles. The molecule has 3 aromatic rings. The fourth-order valence-electron chi connectivity index (χ4n) is 4.30. The Hall–Kier alpha value is -2.60. The summed E-state index contributed by atoms with van der Waals surface area (Å²) >= 11 is 1.68. The molecule has 28 heavy (non-hydrogen) atoms. The van der Waals surface area contributed by atoms with Gasteiger partial charge in [-0.2, -0.15) is 0 Å². The minimum Gasteiger partial charge on any atom is -0.497 e. The fraction of sp³-hybridized carbons (Fsp3) is 0.364. The molecule has 2 aromatic carbocycles. The van der Waals surface area contributed by atoms with Crippen molar-refractivity contribution >= 4 is 38.3 Å². The van der Waals surface area contributed by atoms with E-state index in [1.165, 1.54) is 5.56 Å². The standard InChI is InChI=1S/C22H23N3O2S/c1-27-17-8-9-18-20(13-17)28-22(23-18)24-11-4-6-16(14-24)21(26)25-12-10-15-5-2-3-7-19(15)25/h2-3,5,7-9,13,16H,4,6,10-12,14H2,1H3. The number of fused-ring (bicyclic) bond motifs is 2. The first-order valence-corrected chi connectivity index (χ1v) is 10.6. The van der Waals surface area contributed by atoms with Gasteiger partial charge in [-0.3, -0.25) is 4.79 Å². The van der Waals surface area contributed by atoms with Crippen LogP contribution in [-0.4, -0.2) is 37.6 Å². The zero-order valence-corrected chi connectivity index (χ0v) is 16.7. The van der Waals surface area contributed by atoms with Gasteiger partial charge in [-0.05, 0) is 49.1 Å². The molecule has 1 atom stereocenters. The summed E-state index contributed by atoms with van der Waals surface area (Å²) in [4.78, 5) is 22.3. The third-order valence-corrected chi connectivity index (χ3v) is 6.86. The second kappa shape index (κ2) is 7.09. The molecule has 6 heteroatoms. The SMILES string of the molecule is COc1ccc2nc(N3CCCC(C(=O)N4CCc5ccccc54)C3)sc2c1. The number of anilines is 2. The van der Waals surface area contributed by atoms with Crippen LogP contribution in [0.5, 0.6) is 5.75 Å². The average Bonchev–Trinajstić information content (AvgIpc) is 3.37. The third kappa shape index (κ3) is 3.02. The topological polar surface area (TPSA) is 45.7 Å². The highest BCUT2D eigenvalue weighted by Crippen LogP contribution is 2.35. The lowest BCUT2D eigenvalue weighted by Gasteiger charge is -2.33. The summed E-state index contributed by atoms with van der Waals surface area (Å²) in [5, 5.41) is 1.00. The van der Waals surface area contributed by atoms with Crippen molar-refractivity contribution in [3.8, 4) is 5.75 Å². The zero-order valence-electron chi connectivity index (χ0n) is 15.9. The van der Waals surface area contributed by atoms with E-state index in [-0.39, 0.29) is 11.8 Å². The van der Waals surface area contributed by atoms with Gasteiger partial charge in [0.05, 0.1) is 23.2 Å². The smallest absolute Gasteiger partial charge is 0.231 e. The second-order valence-corrected chi connectivity index (χ2v) is 8.49. The number of hydrogen-bond acceptors (Lipinski definition) is 5. The van der Waals surface area contributed by atoms with Crippen molar-refractivity contribution in [1.29, 1.82) is 0 Å². The molecule has 1 amide bonds. The summed E-state index contributed by atoms with van der Waals surface area (Å²) in [7, 11) is 1.68. The van der Waals surface area contributed by atoms with Crippen molar-refractivity contribution in [2.24, 2.45) is 5.92 Å². The molecule has 0 radical (unpaired) electrons. The van der Waals surface area contributed by atoms with Crippen LogP contribution in [0.15, 0.2) is 42.5 Å². The number of benzene rings is 2. The van der Waals surface area contributed by atoms with E-state index in [0.29, 0.717) is 0 Å². The molecular weight excluding hydrogens is 370 g/mol. The van der Waals surface area contributed by atoms with E-state index in [0.717, 1.165) is 65.7 Å². The van der Waals surface area contributed by atoms with E-state index in [9.17, 15) is 4.79 Å². The van der Waals surface area contributed by atoms with Gasteiger partial charge in [-0.25, -0.2) is 4.98 Å². The van der Waals surface area contributed by atoms with Gasteiger partial charge in [0.2, 0.25) is 5.91 Å². The number of para-hydroxylation sites is 1. The molecule has 2 aliphatic rings. The molecule has 1 unspecified atom stereocenters. The van der Waals surface area contributed by atoms with Crippen LogP contribution in [0.2, 0.25) is 0 Å². The van der Waals surface area contributed by atoms with Crippen molar-refractivity contribution in [1.82, 2.24) is 4.98 Å². The maximum absolute atomic E-state index is 13.3. The normalized spacial score (nSPS) is 19.1. The Bertz CT molecular complexity index is 1030. The van der Waals surface area contributed by atoms with Gasteiger partial charge in [0.15, 0.2) is 5.13 Å². The number of piperidine rings is 1. The fourth-order valence-corrected chi connectivity index (χ4v) is 5.32. The number of ether oxygens (including phenoxy) is 1. The van der Waals surface area contributed by atoms with Gasteiger partial charge in [0.1, 0.15) is 5.75 Å². The Balaban J connectivity index is 1.36. The van der Waals surface area contributed by atoms with E-state index in [4.69, 9.17) is 9.72 Å². The summed E-state index contributed by atoms with van der Waals surface area (Å²) < 4.78 is 6.45. The number of rotatable bonds is 3. The zero-order chi connectivity index (χ0) is 19.1. The molecule has 0 N–H and O–H groups in total. The maximum Gasteiger partial charge on any atom is 0.231 e. The van der Waals surface area contributed by atoms with E-state index >= 15 is 0 Å². The Morgan fingerprint density at radius 2 is 2.11 bits per heavy atom. The van der Waals surface area contributed by atoms with Crippen molar-refractivity contribution in [3.63, 3.8) is 0 Å². The Kier molecular flexibility index (Phi) is 4.43. The molecule has 1 aromatic heterocycles. The average molecular weight is 394 g/mol. The van der Waals surface area contributed by atoms with Gasteiger partial charge < -0.3 is 14.5 Å². The van der Waals surface area contributed by atoms with Crippen molar-refractivity contribution < 1.29 is 9.53 Å². The number of nitrogens with zero attached hydrogens (tertiary/aromatic N) is 3. The van der Waals surface area contributed by atoms with Crippen LogP contribution in [0.1, 0.15) is 18.4 Å². The summed E-state index contributed by atoms with van der Waals surface area (Å²) in [5.74, 6) is 1.14. The molecular formula is C22H23N3O2S. The molecule has 5 rings (SSSR count). The monoisotopic (exact) mass is 393 g/mol. The number of thiazole rings is 1. The molecule has 144 valence electrons. The molecule has 5 nitrogen and oxygen atoms in total. The molecule has 0 bridgehead atoms. The van der Waals surface area contributed by atoms with Crippen LogP contribution in [0, 0.1) is 5.92 Å². The van der Waals surface area contributed by atoms with E-state index in [2.05, 4.69) is 23.1 Å². The lowest BCUT2D eigenvalue weighted by molar-refractivity contribution is -0.122. The van der Waals surface area contributed by atoms with Gasteiger partial charge in [-0.1, -0.05) is 29.5 Å². The molecule has 1 fully saturated rings. The van der Waals surface area contributed by atoms with Gasteiger partial charge in [0.25, 0.3) is 0 Å². The van der Waals surface area contributed by atoms with Crippen molar-refractivity contribution in [2.45, 2.75) is 19.3 Å². The van der Waals surface area contributed by atoms with Crippen LogP contribution in [0.3, 0.4) is 0 Å². The van der Waals surface area contributed by atoms with Gasteiger partial charge in [-0.15, -0.1) is 0 Å². The van der Waals surface area contributed by atoms with Crippen LogP contribution < -0.4 is 14.5 Å². The molecule has 0 saturated carbocycles. The van der Waals surface area contributed by atoms with E-state index in [1.54, 1.807) is 18.4 Å². The lowest BCUT2D eigenvalue weighted by atomic mass is 9.97.